The molecule has 0 unspecified atom stereocenters. The Bertz CT molecular complexity index is 485. The minimum Gasteiger partial charge on any atom is -0.460 e. The average Bonchev–Trinajstić information content (AvgIpc) is 2.46. The Kier molecular flexibility index (Phi) is 10.5. The first-order valence-corrected chi connectivity index (χ1v) is 10.5. The molecular formula is C22H45N3O3. The van der Waals surface area contributed by atoms with Crippen LogP contribution in [0.15, 0.2) is 0 Å². The molecule has 4 N–H and O–H groups in total. The summed E-state index contributed by atoms with van der Waals surface area (Å²) in [5.74, 6) is -0.238. The van der Waals surface area contributed by atoms with E-state index in [0.717, 1.165) is 19.3 Å². The van der Waals surface area contributed by atoms with Gasteiger partial charge in [-0.2, -0.15) is 0 Å². The highest BCUT2D eigenvalue weighted by molar-refractivity contribution is 5.75. The molecule has 0 saturated carbocycles. The van der Waals surface area contributed by atoms with Crippen LogP contribution in [0.1, 0.15) is 94.4 Å². The van der Waals surface area contributed by atoms with Crippen molar-refractivity contribution in [2.45, 2.75) is 112 Å². The zero-order chi connectivity index (χ0) is 22.2. The zero-order valence-electron chi connectivity index (χ0n) is 19.7. The number of amides is 2. The molecule has 0 aromatic heterocycles. The summed E-state index contributed by atoms with van der Waals surface area (Å²) in [4.78, 5) is 24.8. The van der Waals surface area contributed by atoms with Crippen molar-refractivity contribution < 1.29 is 14.3 Å². The van der Waals surface area contributed by atoms with Gasteiger partial charge < -0.3 is 21.1 Å². The smallest absolute Gasteiger partial charge is 0.315 e. The fourth-order valence-electron chi connectivity index (χ4n) is 2.95. The standard InChI is InChI=1S/C22H45N3O3/c1-20(2,3)16(12-10-11-15-23)24-19(27)25-17(21(4,5)6)13-14-18(26)28-22(7,8)9/h16-17H,10-15,23H2,1-9H3,(H2,24,25,27)/t16-,17-/m0/s1. The Morgan fingerprint density at radius 3 is 1.68 bits per heavy atom. The first kappa shape index (κ1) is 26.7. The van der Waals surface area contributed by atoms with E-state index in [1.807, 2.05) is 20.8 Å². The van der Waals surface area contributed by atoms with Crippen LogP contribution in [-0.4, -0.2) is 36.2 Å². The second-order valence-electron chi connectivity index (χ2n) is 10.9. The molecule has 2 atom stereocenters. The molecule has 2 amide bonds. The molecule has 0 radical (unpaired) electrons. The third-order valence-electron chi connectivity index (χ3n) is 4.71. The van der Waals surface area contributed by atoms with E-state index in [1.54, 1.807) is 0 Å². The molecule has 0 aromatic carbocycles. The number of nitrogens with one attached hydrogen (secondary N) is 2. The molecule has 0 aromatic rings. The topological polar surface area (TPSA) is 93.4 Å². The molecule has 0 aliphatic rings. The van der Waals surface area contributed by atoms with Crippen molar-refractivity contribution in [3.8, 4) is 0 Å². The molecule has 0 fully saturated rings. The van der Waals surface area contributed by atoms with E-state index in [4.69, 9.17) is 10.5 Å². The van der Waals surface area contributed by atoms with Gasteiger partial charge in [0.25, 0.3) is 0 Å². The maximum atomic E-state index is 12.7. The van der Waals surface area contributed by atoms with Crippen LogP contribution in [0.5, 0.6) is 0 Å². The summed E-state index contributed by atoms with van der Waals surface area (Å²) in [5, 5.41) is 6.22. The van der Waals surface area contributed by atoms with Crippen molar-refractivity contribution >= 4 is 12.0 Å². The Balaban J connectivity index is 4.89. The predicted octanol–water partition coefficient (Wildman–Crippen LogP) is 4.37. The van der Waals surface area contributed by atoms with E-state index in [2.05, 4.69) is 52.2 Å². The van der Waals surface area contributed by atoms with Crippen LogP contribution in [0.25, 0.3) is 0 Å². The lowest BCUT2D eigenvalue weighted by molar-refractivity contribution is -0.155. The van der Waals surface area contributed by atoms with Gasteiger partial charge in [0.15, 0.2) is 0 Å². The summed E-state index contributed by atoms with van der Waals surface area (Å²) in [7, 11) is 0. The van der Waals surface area contributed by atoms with Gasteiger partial charge in [0.1, 0.15) is 5.60 Å². The van der Waals surface area contributed by atoms with Gasteiger partial charge in [0.2, 0.25) is 0 Å². The molecule has 28 heavy (non-hydrogen) atoms. The third-order valence-corrected chi connectivity index (χ3v) is 4.71. The minimum atomic E-state index is -0.497. The van der Waals surface area contributed by atoms with Crippen LogP contribution in [0.3, 0.4) is 0 Å². The summed E-state index contributed by atoms with van der Waals surface area (Å²) in [6, 6.07) is -0.257. The molecule has 6 nitrogen and oxygen atoms in total. The fraction of sp³-hybridized carbons (Fsp3) is 0.909. The van der Waals surface area contributed by atoms with Crippen molar-refractivity contribution in [1.29, 1.82) is 0 Å². The maximum absolute atomic E-state index is 12.7. The first-order chi connectivity index (χ1) is 12.6. The molecule has 0 aliphatic heterocycles. The molecule has 0 heterocycles. The number of carbonyl (C=O) groups is 2. The molecule has 0 saturated heterocycles. The Labute approximate surface area is 172 Å². The number of esters is 1. The van der Waals surface area contributed by atoms with E-state index in [9.17, 15) is 9.59 Å². The van der Waals surface area contributed by atoms with Gasteiger partial charge in [-0.15, -0.1) is 0 Å². The largest absolute Gasteiger partial charge is 0.460 e. The maximum Gasteiger partial charge on any atom is 0.315 e. The number of hydrogen-bond donors (Lipinski definition) is 3. The Hall–Kier alpha value is -1.30. The van der Waals surface area contributed by atoms with Crippen molar-refractivity contribution in [2.75, 3.05) is 6.54 Å². The Morgan fingerprint density at radius 1 is 0.821 bits per heavy atom. The minimum absolute atomic E-state index is 0.0420. The van der Waals surface area contributed by atoms with Crippen LogP contribution >= 0.6 is 0 Å². The Morgan fingerprint density at radius 2 is 1.29 bits per heavy atom. The number of hydrogen-bond acceptors (Lipinski definition) is 4. The van der Waals surface area contributed by atoms with Gasteiger partial charge in [0, 0.05) is 18.5 Å². The molecular weight excluding hydrogens is 354 g/mol. The first-order valence-electron chi connectivity index (χ1n) is 10.5. The van der Waals surface area contributed by atoms with E-state index in [0.29, 0.717) is 13.0 Å². The van der Waals surface area contributed by atoms with E-state index < -0.39 is 5.60 Å². The average molecular weight is 400 g/mol. The van der Waals surface area contributed by atoms with Crippen LogP contribution in [0, 0.1) is 10.8 Å². The quantitative estimate of drug-likeness (QED) is 0.396. The van der Waals surface area contributed by atoms with Crippen LogP contribution in [0.2, 0.25) is 0 Å². The zero-order valence-corrected chi connectivity index (χ0v) is 19.7. The number of ether oxygens (including phenoxy) is 1. The van der Waals surface area contributed by atoms with Gasteiger partial charge in [-0.1, -0.05) is 48.0 Å². The van der Waals surface area contributed by atoms with Crippen molar-refractivity contribution in [3.63, 3.8) is 0 Å². The van der Waals surface area contributed by atoms with Crippen LogP contribution < -0.4 is 16.4 Å². The van der Waals surface area contributed by atoms with E-state index in [1.165, 1.54) is 0 Å². The summed E-state index contributed by atoms with van der Waals surface area (Å²) in [6.45, 7) is 18.8. The third kappa shape index (κ3) is 12.2. The monoisotopic (exact) mass is 399 g/mol. The fourth-order valence-corrected chi connectivity index (χ4v) is 2.95. The van der Waals surface area contributed by atoms with Crippen molar-refractivity contribution in [1.82, 2.24) is 10.6 Å². The van der Waals surface area contributed by atoms with Gasteiger partial charge in [0.05, 0.1) is 0 Å². The van der Waals surface area contributed by atoms with Crippen LogP contribution in [-0.2, 0) is 9.53 Å². The molecule has 6 heteroatoms. The van der Waals surface area contributed by atoms with E-state index in [-0.39, 0.29) is 41.3 Å². The van der Waals surface area contributed by atoms with Gasteiger partial charge >= 0.3 is 12.0 Å². The molecule has 166 valence electrons. The number of unbranched alkanes of at least 4 members (excludes halogenated alkanes) is 1. The molecule has 0 aliphatic carbocycles. The molecule has 0 bridgehead atoms. The van der Waals surface area contributed by atoms with Gasteiger partial charge in [-0.3, -0.25) is 4.79 Å². The second kappa shape index (κ2) is 11.0. The van der Waals surface area contributed by atoms with Gasteiger partial charge in [-0.05, 0) is 57.4 Å². The summed E-state index contributed by atoms with van der Waals surface area (Å²) in [6.07, 6.45) is 3.65. The van der Waals surface area contributed by atoms with Gasteiger partial charge in [-0.25, -0.2) is 4.79 Å². The lowest BCUT2D eigenvalue weighted by atomic mass is 9.83. The highest BCUT2D eigenvalue weighted by atomic mass is 16.6. The highest BCUT2D eigenvalue weighted by Crippen LogP contribution is 2.25. The normalized spacial score (nSPS) is 14.9. The summed E-state index contributed by atoms with van der Waals surface area (Å²) in [5.41, 5.74) is 4.89. The number of carbonyl (C=O) groups excluding carboxylic acids is 2. The van der Waals surface area contributed by atoms with Crippen molar-refractivity contribution in [2.24, 2.45) is 16.6 Å². The molecule has 0 rings (SSSR count). The lowest BCUT2D eigenvalue weighted by Gasteiger charge is -2.35. The second-order valence-corrected chi connectivity index (χ2v) is 10.9. The lowest BCUT2D eigenvalue weighted by Crippen LogP contribution is -2.53. The van der Waals surface area contributed by atoms with Crippen LogP contribution in [0.4, 0.5) is 4.79 Å². The number of nitrogens with two attached hydrogens (primary N) is 1. The summed E-state index contributed by atoms with van der Waals surface area (Å²) < 4.78 is 5.39. The van der Waals surface area contributed by atoms with E-state index >= 15 is 0 Å². The summed E-state index contributed by atoms with van der Waals surface area (Å²) >= 11 is 0. The SMILES string of the molecule is CC(C)(C)OC(=O)CC[C@H](NC(=O)N[C@@H](CCCCN)C(C)(C)C)C(C)(C)C. The van der Waals surface area contributed by atoms with Crippen molar-refractivity contribution in [3.05, 3.63) is 0 Å². The highest BCUT2D eigenvalue weighted by Gasteiger charge is 2.30. The molecule has 0 spiro atoms. The predicted molar refractivity (Wildman–Crippen MR) is 116 cm³/mol. The number of urea groups is 1. The number of rotatable bonds is 9.